The summed E-state index contributed by atoms with van der Waals surface area (Å²) in [7, 11) is 0. The van der Waals surface area contributed by atoms with Crippen LogP contribution in [0.25, 0.3) is 0 Å². The minimum Gasteiger partial charge on any atom is -0.487 e. The standard InChI is InChI=1S/C23H29N3O3S2/c1-3-17(2)26(15-18-7-6-13-31-18)11-10-24-22(27)19-8-4-5-9-20(19)25-23(28)21-16-30-14-12-29-21/h4-9,13,16-17H,3,10-12,14-15H2,1-2H3,(H,24,27)(H,25,28). The first-order valence-electron chi connectivity index (χ1n) is 10.5. The lowest BCUT2D eigenvalue weighted by molar-refractivity contribution is -0.116. The molecule has 2 aromatic rings. The summed E-state index contributed by atoms with van der Waals surface area (Å²) in [6, 6.07) is 11.7. The van der Waals surface area contributed by atoms with Crippen molar-refractivity contribution in [1.29, 1.82) is 0 Å². The highest BCUT2D eigenvalue weighted by atomic mass is 32.2. The summed E-state index contributed by atoms with van der Waals surface area (Å²) in [6.45, 7) is 7.05. The van der Waals surface area contributed by atoms with E-state index in [-0.39, 0.29) is 17.6 Å². The van der Waals surface area contributed by atoms with Crippen molar-refractivity contribution < 1.29 is 14.3 Å². The van der Waals surface area contributed by atoms with Crippen molar-refractivity contribution in [2.45, 2.75) is 32.9 Å². The minimum absolute atomic E-state index is 0.205. The number of nitrogens with zero attached hydrogens (tertiary/aromatic N) is 1. The smallest absolute Gasteiger partial charge is 0.291 e. The predicted octanol–water partition coefficient (Wildman–Crippen LogP) is 4.32. The van der Waals surface area contributed by atoms with Gasteiger partial charge in [-0.1, -0.05) is 25.1 Å². The summed E-state index contributed by atoms with van der Waals surface area (Å²) in [5.74, 6) is 0.565. The second-order valence-electron chi connectivity index (χ2n) is 7.26. The molecule has 0 saturated heterocycles. The Hall–Kier alpha value is -2.29. The number of amides is 2. The number of nitrogens with one attached hydrogen (secondary N) is 2. The quantitative estimate of drug-likeness (QED) is 0.554. The zero-order valence-corrected chi connectivity index (χ0v) is 19.6. The Kier molecular flexibility index (Phi) is 8.99. The zero-order valence-electron chi connectivity index (χ0n) is 17.9. The summed E-state index contributed by atoms with van der Waals surface area (Å²) in [5, 5.41) is 9.60. The molecule has 0 bridgehead atoms. The van der Waals surface area contributed by atoms with Gasteiger partial charge in [-0.25, -0.2) is 0 Å². The monoisotopic (exact) mass is 459 g/mol. The zero-order chi connectivity index (χ0) is 22.1. The summed E-state index contributed by atoms with van der Waals surface area (Å²) in [5.41, 5.74) is 0.913. The average molecular weight is 460 g/mol. The van der Waals surface area contributed by atoms with Crippen LogP contribution in [0.3, 0.4) is 0 Å². The molecule has 0 fully saturated rings. The highest BCUT2D eigenvalue weighted by Crippen LogP contribution is 2.20. The molecule has 6 nitrogen and oxygen atoms in total. The predicted molar refractivity (Wildman–Crippen MR) is 128 cm³/mol. The molecule has 1 aromatic heterocycles. The fourth-order valence-electron chi connectivity index (χ4n) is 3.19. The molecule has 0 saturated carbocycles. The molecular weight excluding hydrogens is 430 g/mol. The molecule has 0 spiro atoms. The highest BCUT2D eigenvalue weighted by Gasteiger charge is 2.19. The highest BCUT2D eigenvalue weighted by molar-refractivity contribution is 8.02. The van der Waals surface area contributed by atoms with Crippen molar-refractivity contribution in [2.24, 2.45) is 0 Å². The molecule has 1 unspecified atom stereocenters. The van der Waals surface area contributed by atoms with E-state index in [0.717, 1.165) is 25.3 Å². The van der Waals surface area contributed by atoms with Gasteiger partial charge in [-0.05, 0) is 36.9 Å². The molecule has 1 atom stereocenters. The molecule has 1 aliphatic rings. The van der Waals surface area contributed by atoms with E-state index in [2.05, 4.69) is 46.9 Å². The third kappa shape index (κ3) is 6.85. The summed E-state index contributed by atoms with van der Waals surface area (Å²) >= 11 is 3.29. The number of rotatable bonds is 10. The number of thiophene rings is 1. The summed E-state index contributed by atoms with van der Waals surface area (Å²) in [4.78, 5) is 29.0. The van der Waals surface area contributed by atoms with E-state index in [1.807, 2.05) is 0 Å². The lowest BCUT2D eigenvalue weighted by Crippen LogP contribution is -2.39. The fraction of sp³-hybridized carbons (Fsp3) is 0.391. The molecule has 1 aromatic carbocycles. The fourth-order valence-corrected chi connectivity index (χ4v) is 4.54. The number of para-hydroxylation sites is 1. The lowest BCUT2D eigenvalue weighted by atomic mass is 10.1. The van der Waals surface area contributed by atoms with Crippen LogP contribution < -0.4 is 10.6 Å². The number of thioether (sulfide) groups is 1. The van der Waals surface area contributed by atoms with E-state index < -0.39 is 0 Å². The topological polar surface area (TPSA) is 70.7 Å². The second kappa shape index (κ2) is 11.9. The van der Waals surface area contributed by atoms with Gasteiger partial charge in [0.1, 0.15) is 0 Å². The Bertz CT molecular complexity index is 899. The average Bonchev–Trinajstić information content (AvgIpc) is 3.32. The number of carbonyl (C=O) groups excluding carboxylic acids is 2. The third-order valence-corrected chi connectivity index (χ3v) is 6.77. The molecule has 2 amide bonds. The van der Waals surface area contributed by atoms with E-state index in [0.29, 0.717) is 30.4 Å². The minimum atomic E-state index is -0.341. The largest absolute Gasteiger partial charge is 0.487 e. The SMILES string of the molecule is CCC(C)N(CCNC(=O)c1ccccc1NC(=O)C1=CSCCO1)Cc1cccs1. The number of benzene rings is 1. The summed E-state index contributed by atoms with van der Waals surface area (Å²) in [6.07, 6.45) is 1.05. The van der Waals surface area contributed by atoms with Crippen molar-refractivity contribution in [3.05, 3.63) is 63.4 Å². The van der Waals surface area contributed by atoms with Crippen molar-refractivity contribution in [3.8, 4) is 0 Å². The van der Waals surface area contributed by atoms with Gasteiger partial charge in [-0.15, -0.1) is 23.1 Å². The van der Waals surface area contributed by atoms with Crippen LogP contribution in [0.1, 0.15) is 35.5 Å². The number of hydrogen-bond donors (Lipinski definition) is 2. The van der Waals surface area contributed by atoms with Gasteiger partial charge < -0.3 is 15.4 Å². The molecule has 31 heavy (non-hydrogen) atoms. The molecule has 2 N–H and O–H groups in total. The molecule has 1 aliphatic heterocycles. The Balaban J connectivity index is 1.58. The molecular formula is C23H29N3O3S2. The number of anilines is 1. The van der Waals surface area contributed by atoms with E-state index in [1.54, 1.807) is 52.8 Å². The van der Waals surface area contributed by atoms with Crippen LogP contribution in [-0.4, -0.2) is 48.2 Å². The van der Waals surface area contributed by atoms with Crippen LogP contribution in [0.15, 0.2) is 52.9 Å². The first kappa shape index (κ1) is 23.4. The molecule has 2 heterocycles. The van der Waals surface area contributed by atoms with Crippen LogP contribution in [-0.2, 0) is 16.1 Å². The maximum atomic E-state index is 12.8. The molecule has 3 rings (SSSR count). The number of hydrogen-bond acceptors (Lipinski definition) is 6. The van der Waals surface area contributed by atoms with Gasteiger partial charge in [0.2, 0.25) is 0 Å². The van der Waals surface area contributed by atoms with Gasteiger partial charge in [0.05, 0.1) is 17.9 Å². The van der Waals surface area contributed by atoms with Crippen molar-refractivity contribution in [3.63, 3.8) is 0 Å². The van der Waals surface area contributed by atoms with Crippen LogP contribution in [0.4, 0.5) is 5.69 Å². The van der Waals surface area contributed by atoms with Crippen LogP contribution in [0.2, 0.25) is 0 Å². The molecule has 0 radical (unpaired) electrons. The third-order valence-electron chi connectivity index (χ3n) is 5.13. The summed E-state index contributed by atoms with van der Waals surface area (Å²) < 4.78 is 5.40. The van der Waals surface area contributed by atoms with Gasteiger partial charge in [-0.3, -0.25) is 14.5 Å². The van der Waals surface area contributed by atoms with Crippen LogP contribution in [0, 0.1) is 0 Å². The van der Waals surface area contributed by atoms with E-state index in [9.17, 15) is 9.59 Å². The van der Waals surface area contributed by atoms with Crippen molar-refractivity contribution in [2.75, 3.05) is 30.8 Å². The maximum absolute atomic E-state index is 12.8. The first-order chi connectivity index (χ1) is 15.1. The lowest BCUT2D eigenvalue weighted by Gasteiger charge is -2.28. The van der Waals surface area contributed by atoms with Crippen molar-refractivity contribution in [1.82, 2.24) is 10.2 Å². The molecule has 166 valence electrons. The van der Waals surface area contributed by atoms with Crippen LogP contribution in [0.5, 0.6) is 0 Å². The van der Waals surface area contributed by atoms with Crippen molar-refractivity contribution >= 4 is 40.6 Å². The Morgan fingerprint density at radius 1 is 1.19 bits per heavy atom. The Morgan fingerprint density at radius 2 is 2.03 bits per heavy atom. The van der Waals surface area contributed by atoms with Gasteiger partial charge in [-0.2, -0.15) is 0 Å². The van der Waals surface area contributed by atoms with E-state index in [1.165, 1.54) is 4.88 Å². The van der Waals surface area contributed by atoms with Crippen LogP contribution >= 0.6 is 23.1 Å². The maximum Gasteiger partial charge on any atom is 0.291 e. The molecule has 0 aliphatic carbocycles. The van der Waals surface area contributed by atoms with E-state index >= 15 is 0 Å². The molecule has 8 heteroatoms. The van der Waals surface area contributed by atoms with Gasteiger partial charge in [0, 0.05) is 41.7 Å². The first-order valence-corrected chi connectivity index (χ1v) is 12.4. The Morgan fingerprint density at radius 3 is 2.74 bits per heavy atom. The van der Waals surface area contributed by atoms with Gasteiger partial charge in [0.15, 0.2) is 5.76 Å². The van der Waals surface area contributed by atoms with Gasteiger partial charge in [0.25, 0.3) is 11.8 Å². The number of carbonyl (C=O) groups is 2. The van der Waals surface area contributed by atoms with Gasteiger partial charge >= 0.3 is 0 Å². The number of ether oxygens (including phenoxy) is 1. The normalized spacial score (nSPS) is 14.5. The second-order valence-corrected chi connectivity index (χ2v) is 9.27. The Labute approximate surface area is 192 Å². The van der Waals surface area contributed by atoms with E-state index in [4.69, 9.17) is 4.74 Å².